The molecular weight excluding hydrogens is 705 g/mol. The van der Waals surface area contributed by atoms with Crippen LogP contribution in [0.4, 0.5) is 0 Å². The highest BCUT2D eigenvalue weighted by atomic mass is 16.3. The highest BCUT2D eigenvalue weighted by Gasteiger charge is 2.47. The van der Waals surface area contributed by atoms with Crippen molar-refractivity contribution < 1.29 is 19.8 Å². The van der Waals surface area contributed by atoms with Gasteiger partial charge in [0.15, 0.2) is 0 Å². The van der Waals surface area contributed by atoms with Crippen LogP contribution in [0, 0.1) is 33.1 Å². The van der Waals surface area contributed by atoms with Crippen molar-refractivity contribution in [2.45, 2.75) is 77.7 Å². The van der Waals surface area contributed by atoms with Crippen LogP contribution < -0.4 is 10.6 Å². The van der Waals surface area contributed by atoms with E-state index in [0.717, 1.165) is 33.4 Å². The van der Waals surface area contributed by atoms with E-state index in [1.165, 1.54) is 0 Å². The molecule has 6 aromatic rings. The molecule has 0 aliphatic rings. The number of aryl methyl sites for hydroxylation is 4. The van der Waals surface area contributed by atoms with Crippen LogP contribution in [0.1, 0.15) is 69.5 Å². The minimum Gasteiger partial charge on any atom is -0.378 e. The summed E-state index contributed by atoms with van der Waals surface area (Å²) < 4.78 is 0. The van der Waals surface area contributed by atoms with E-state index in [0.29, 0.717) is 22.3 Å². The molecule has 0 spiro atoms. The highest BCUT2D eigenvalue weighted by Crippen LogP contribution is 2.38. The van der Waals surface area contributed by atoms with Crippen LogP contribution in [0.25, 0.3) is 0 Å². The Morgan fingerprint density at radius 2 is 0.684 bits per heavy atom. The number of aliphatic hydroxyl groups is 2. The lowest BCUT2D eigenvalue weighted by molar-refractivity contribution is -0.144. The fourth-order valence-corrected chi connectivity index (χ4v) is 7.46. The predicted octanol–water partition coefficient (Wildman–Crippen LogP) is 8.57. The standard InChI is InChI=1S/C51H54N2O4/c1-35-17-25-41(26-18-35)50(56,42-27-19-36(2)20-28-42)45(33-39-13-9-7-10-14-39)52-47(54)49(5,6)48(55)53-46(34-40-15-11-8-12-16-40)51(57,43-29-21-37(3)22-30-43)44-31-23-38(4)24-32-44/h7-32,45-46,56-57H,33-34H2,1-6H3,(H,52,54)(H,53,55). The van der Waals surface area contributed by atoms with Gasteiger partial charge in [-0.3, -0.25) is 9.59 Å². The second kappa shape index (κ2) is 17.1. The summed E-state index contributed by atoms with van der Waals surface area (Å²) in [6.45, 7) is 11.1. The van der Waals surface area contributed by atoms with Crippen LogP contribution in [0.3, 0.4) is 0 Å². The molecule has 2 unspecified atom stereocenters. The minimum atomic E-state index is -1.67. The Morgan fingerprint density at radius 3 is 0.930 bits per heavy atom. The van der Waals surface area contributed by atoms with Crippen LogP contribution in [0.5, 0.6) is 0 Å². The van der Waals surface area contributed by atoms with Crippen LogP contribution in [0.2, 0.25) is 0 Å². The maximum Gasteiger partial charge on any atom is 0.235 e. The van der Waals surface area contributed by atoms with E-state index in [1.54, 1.807) is 13.8 Å². The van der Waals surface area contributed by atoms with Gasteiger partial charge in [0.1, 0.15) is 16.6 Å². The Labute approximate surface area is 337 Å². The van der Waals surface area contributed by atoms with Crippen molar-refractivity contribution in [1.29, 1.82) is 0 Å². The molecule has 0 radical (unpaired) electrons. The van der Waals surface area contributed by atoms with E-state index in [4.69, 9.17) is 0 Å². The van der Waals surface area contributed by atoms with E-state index < -0.39 is 40.5 Å². The number of carbonyl (C=O) groups is 2. The topological polar surface area (TPSA) is 98.7 Å². The lowest BCUT2D eigenvalue weighted by Gasteiger charge is -2.41. The van der Waals surface area contributed by atoms with Gasteiger partial charge in [0.25, 0.3) is 0 Å². The number of rotatable bonds is 14. The number of benzene rings is 6. The quantitative estimate of drug-likeness (QED) is 0.0838. The third kappa shape index (κ3) is 8.93. The van der Waals surface area contributed by atoms with E-state index in [9.17, 15) is 19.8 Å². The Hall–Kier alpha value is -5.82. The molecule has 0 saturated heterocycles. The van der Waals surface area contributed by atoms with E-state index in [-0.39, 0.29) is 12.8 Å². The number of hydrogen-bond acceptors (Lipinski definition) is 4. The Bertz CT molecular complexity index is 2000. The second-order valence-corrected chi connectivity index (χ2v) is 16.1. The SMILES string of the molecule is Cc1ccc(C(O)(c2ccc(C)cc2)C(Cc2ccccc2)NC(=O)C(C)(C)C(=O)NC(Cc2ccccc2)C(O)(c2ccc(C)cc2)c2ccc(C)cc2)cc1. The van der Waals surface area contributed by atoms with E-state index in [1.807, 2.05) is 185 Å². The molecule has 0 aliphatic heterocycles. The summed E-state index contributed by atoms with van der Waals surface area (Å²) in [6.07, 6.45) is 0.555. The Kier molecular flexibility index (Phi) is 12.3. The monoisotopic (exact) mass is 758 g/mol. The number of amides is 2. The largest absolute Gasteiger partial charge is 0.378 e. The first-order valence-corrected chi connectivity index (χ1v) is 19.6. The minimum absolute atomic E-state index is 0.278. The van der Waals surface area contributed by atoms with Gasteiger partial charge < -0.3 is 20.8 Å². The zero-order chi connectivity index (χ0) is 40.8. The molecule has 0 heterocycles. The third-order valence-electron chi connectivity index (χ3n) is 11.3. The fraction of sp³-hybridized carbons (Fsp3) is 0.255. The van der Waals surface area contributed by atoms with Gasteiger partial charge >= 0.3 is 0 Å². The van der Waals surface area contributed by atoms with Crippen molar-refractivity contribution >= 4 is 11.8 Å². The molecule has 57 heavy (non-hydrogen) atoms. The molecule has 4 N–H and O–H groups in total. The first-order valence-electron chi connectivity index (χ1n) is 19.6. The van der Waals surface area contributed by atoms with Gasteiger partial charge in [-0.15, -0.1) is 0 Å². The maximum atomic E-state index is 14.8. The zero-order valence-corrected chi connectivity index (χ0v) is 33.8. The molecule has 0 fully saturated rings. The molecule has 0 saturated carbocycles. The highest BCUT2D eigenvalue weighted by molar-refractivity contribution is 6.04. The van der Waals surface area contributed by atoms with Gasteiger partial charge in [0.2, 0.25) is 11.8 Å². The summed E-state index contributed by atoms with van der Waals surface area (Å²) in [4.78, 5) is 29.6. The first-order chi connectivity index (χ1) is 27.2. The van der Waals surface area contributed by atoms with Crippen molar-refractivity contribution in [2.75, 3.05) is 0 Å². The lowest BCUT2D eigenvalue weighted by Crippen LogP contribution is -2.60. The molecule has 6 heteroatoms. The van der Waals surface area contributed by atoms with E-state index in [2.05, 4.69) is 10.6 Å². The predicted molar refractivity (Wildman–Crippen MR) is 229 cm³/mol. The van der Waals surface area contributed by atoms with Crippen molar-refractivity contribution in [3.8, 4) is 0 Å². The molecule has 292 valence electrons. The summed E-state index contributed by atoms with van der Waals surface area (Å²) in [5, 5.41) is 32.5. The summed E-state index contributed by atoms with van der Waals surface area (Å²) in [5.41, 5.74) is 3.43. The fourth-order valence-electron chi connectivity index (χ4n) is 7.46. The molecule has 0 aliphatic carbocycles. The summed E-state index contributed by atoms with van der Waals surface area (Å²) in [7, 11) is 0. The average Bonchev–Trinajstić information content (AvgIpc) is 3.21. The first kappa shape index (κ1) is 40.8. The van der Waals surface area contributed by atoms with Gasteiger partial charge in [0, 0.05) is 0 Å². The molecule has 0 aromatic heterocycles. The number of nitrogens with one attached hydrogen (secondary N) is 2. The van der Waals surface area contributed by atoms with Crippen LogP contribution >= 0.6 is 0 Å². The Morgan fingerprint density at radius 1 is 0.439 bits per heavy atom. The number of carbonyl (C=O) groups excluding carboxylic acids is 2. The second-order valence-electron chi connectivity index (χ2n) is 16.1. The smallest absolute Gasteiger partial charge is 0.235 e. The molecular formula is C51H54N2O4. The summed E-state index contributed by atoms with van der Waals surface area (Å²) >= 11 is 0. The van der Waals surface area contributed by atoms with Crippen molar-refractivity contribution in [3.05, 3.63) is 213 Å². The molecule has 0 bridgehead atoms. The van der Waals surface area contributed by atoms with Crippen LogP contribution in [-0.2, 0) is 33.6 Å². The molecule has 6 nitrogen and oxygen atoms in total. The number of hydrogen-bond donors (Lipinski definition) is 4. The van der Waals surface area contributed by atoms with Gasteiger partial charge in [-0.1, -0.05) is 180 Å². The zero-order valence-electron chi connectivity index (χ0n) is 33.8. The normalized spacial score (nSPS) is 13.1. The van der Waals surface area contributed by atoms with Gasteiger partial charge in [0.05, 0.1) is 12.1 Å². The maximum absolute atomic E-state index is 14.8. The third-order valence-corrected chi connectivity index (χ3v) is 11.3. The van der Waals surface area contributed by atoms with Crippen LogP contribution in [0.15, 0.2) is 158 Å². The lowest BCUT2D eigenvalue weighted by atomic mass is 9.76. The van der Waals surface area contributed by atoms with Crippen molar-refractivity contribution in [1.82, 2.24) is 10.6 Å². The molecule has 2 atom stereocenters. The van der Waals surface area contributed by atoms with Crippen LogP contribution in [-0.4, -0.2) is 34.1 Å². The van der Waals surface area contributed by atoms with Gasteiger partial charge in [-0.05, 0) is 87.8 Å². The summed E-state index contributed by atoms with van der Waals surface area (Å²) in [5.74, 6) is -1.13. The average molecular weight is 759 g/mol. The molecule has 6 aromatic carbocycles. The van der Waals surface area contributed by atoms with Gasteiger partial charge in [-0.2, -0.15) is 0 Å². The summed E-state index contributed by atoms with van der Waals surface area (Å²) in [6, 6.07) is 48.4. The molecule has 6 rings (SSSR count). The Balaban J connectivity index is 1.40. The molecule has 2 amide bonds. The van der Waals surface area contributed by atoms with E-state index >= 15 is 0 Å². The van der Waals surface area contributed by atoms with Gasteiger partial charge in [-0.25, -0.2) is 0 Å². The van der Waals surface area contributed by atoms with Crippen molar-refractivity contribution in [3.63, 3.8) is 0 Å². The van der Waals surface area contributed by atoms with Crippen molar-refractivity contribution in [2.24, 2.45) is 5.41 Å².